The molecule has 3 heteroatoms. The number of hydrogen-bond donors (Lipinski definition) is 1. The second kappa shape index (κ2) is 7.95. The van der Waals surface area contributed by atoms with Crippen molar-refractivity contribution in [2.75, 3.05) is 4.90 Å². The van der Waals surface area contributed by atoms with Crippen LogP contribution in [0.3, 0.4) is 0 Å². The van der Waals surface area contributed by atoms with E-state index in [-0.39, 0.29) is 5.82 Å². The number of halogens is 1. The van der Waals surface area contributed by atoms with Gasteiger partial charge in [0.05, 0.1) is 0 Å². The minimum Gasteiger partial charge on any atom is -0.355 e. The maximum atomic E-state index is 13.6. The van der Waals surface area contributed by atoms with Crippen molar-refractivity contribution in [2.24, 2.45) is 0 Å². The first-order chi connectivity index (χ1) is 16.3. The number of para-hydroxylation sites is 2. The van der Waals surface area contributed by atoms with Crippen molar-refractivity contribution in [3.63, 3.8) is 0 Å². The molecule has 0 fully saturated rings. The van der Waals surface area contributed by atoms with Crippen molar-refractivity contribution < 1.29 is 4.39 Å². The summed E-state index contributed by atoms with van der Waals surface area (Å²) in [6.45, 7) is 0. The third-order valence-corrected chi connectivity index (χ3v) is 6.06. The number of nitrogens with zero attached hydrogens (tertiary/aromatic N) is 1. The summed E-state index contributed by atoms with van der Waals surface area (Å²) >= 11 is 0. The Morgan fingerprint density at radius 2 is 1.06 bits per heavy atom. The molecule has 0 aliphatic heterocycles. The van der Waals surface area contributed by atoms with Crippen molar-refractivity contribution in [1.29, 1.82) is 0 Å². The number of benzene rings is 5. The van der Waals surface area contributed by atoms with Crippen LogP contribution in [0.1, 0.15) is 0 Å². The van der Waals surface area contributed by atoms with Crippen molar-refractivity contribution in [2.45, 2.75) is 0 Å². The number of rotatable bonds is 4. The number of H-pyrrole nitrogens is 1. The molecule has 0 spiro atoms. The van der Waals surface area contributed by atoms with Crippen LogP contribution < -0.4 is 4.90 Å². The lowest BCUT2D eigenvalue weighted by Crippen LogP contribution is -2.09. The van der Waals surface area contributed by atoms with Crippen molar-refractivity contribution in [3.8, 4) is 11.1 Å². The Balaban J connectivity index is 1.41. The van der Waals surface area contributed by atoms with E-state index in [4.69, 9.17) is 0 Å². The summed E-state index contributed by atoms with van der Waals surface area (Å²) in [7, 11) is 0. The number of aromatic nitrogens is 1. The molecule has 1 aromatic heterocycles. The van der Waals surface area contributed by atoms with E-state index in [1.165, 1.54) is 28.5 Å². The standard InChI is InChI=1S/C30H21FN2/c31-23-13-17-26(18-14-23)33(24-6-2-1-3-7-24)25-15-10-21(11-16-25)22-12-19-30-28(20-22)27-8-4-5-9-29(27)32-30/h1-20,32H. The maximum absolute atomic E-state index is 13.6. The fraction of sp³-hybridized carbons (Fsp3) is 0. The van der Waals surface area contributed by atoms with Crippen molar-refractivity contribution in [3.05, 3.63) is 127 Å². The summed E-state index contributed by atoms with van der Waals surface area (Å²) in [5, 5.41) is 2.46. The highest BCUT2D eigenvalue weighted by molar-refractivity contribution is 6.08. The van der Waals surface area contributed by atoms with Gasteiger partial charge in [-0.25, -0.2) is 4.39 Å². The SMILES string of the molecule is Fc1ccc(N(c2ccccc2)c2ccc(-c3ccc4[nH]c5ccccc5c4c3)cc2)cc1. The highest BCUT2D eigenvalue weighted by atomic mass is 19.1. The summed E-state index contributed by atoms with van der Waals surface area (Å²) in [5.74, 6) is -0.241. The summed E-state index contributed by atoms with van der Waals surface area (Å²) < 4.78 is 13.6. The third-order valence-electron chi connectivity index (χ3n) is 6.06. The monoisotopic (exact) mass is 428 g/mol. The van der Waals surface area contributed by atoms with Crippen LogP contribution in [0.15, 0.2) is 121 Å². The van der Waals surface area contributed by atoms with Crippen LogP contribution in [0, 0.1) is 5.82 Å². The number of aromatic amines is 1. The average molecular weight is 429 g/mol. The second-order valence-corrected chi connectivity index (χ2v) is 8.13. The Bertz CT molecular complexity index is 1550. The van der Waals surface area contributed by atoms with Crippen LogP contribution in [-0.4, -0.2) is 4.98 Å². The summed E-state index contributed by atoms with van der Waals surface area (Å²) in [6, 6.07) is 40.2. The zero-order valence-corrected chi connectivity index (χ0v) is 17.9. The molecule has 0 saturated heterocycles. The molecule has 5 aromatic carbocycles. The molecule has 0 unspecified atom stereocenters. The Hall–Kier alpha value is -4.37. The Labute approximate surface area is 191 Å². The highest BCUT2D eigenvalue weighted by Crippen LogP contribution is 2.36. The lowest BCUT2D eigenvalue weighted by atomic mass is 10.0. The van der Waals surface area contributed by atoms with Gasteiger partial charge in [-0.3, -0.25) is 0 Å². The van der Waals surface area contributed by atoms with Crippen molar-refractivity contribution in [1.82, 2.24) is 4.98 Å². The van der Waals surface area contributed by atoms with Gasteiger partial charge in [0.15, 0.2) is 0 Å². The van der Waals surface area contributed by atoms with E-state index in [1.807, 2.05) is 18.2 Å². The minimum absolute atomic E-state index is 0.241. The largest absolute Gasteiger partial charge is 0.355 e. The van der Waals surface area contributed by atoms with Gasteiger partial charge in [-0.15, -0.1) is 0 Å². The maximum Gasteiger partial charge on any atom is 0.123 e. The summed E-state index contributed by atoms with van der Waals surface area (Å²) in [4.78, 5) is 5.62. The molecule has 0 bridgehead atoms. The van der Waals surface area contributed by atoms with Gasteiger partial charge in [0.1, 0.15) is 5.82 Å². The van der Waals surface area contributed by atoms with Crippen LogP contribution >= 0.6 is 0 Å². The highest BCUT2D eigenvalue weighted by Gasteiger charge is 2.13. The van der Waals surface area contributed by atoms with Crippen molar-refractivity contribution >= 4 is 38.9 Å². The van der Waals surface area contributed by atoms with Gasteiger partial charge in [0, 0.05) is 38.9 Å². The topological polar surface area (TPSA) is 19.0 Å². The molecule has 0 radical (unpaired) electrons. The van der Waals surface area contributed by atoms with E-state index in [0.717, 1.165) is 33.7 Å². The van der Waals surface area contributed by atoms with Gasteiger partial charge < -0.3 is 9.88 Å². The van der Waals surface area contributed by atoms with Crippen LogP contribution in [0.25, 0.3) is 32.9 Å². The van der Waals surface area contributed by atoms with Gasteiger partial charge in [-0.05, 0) is 77.9 Å². The van der Waals surface area contributed by atoms with E-state index in [9.17, 15) is 4.39 Å². The van der Waals surface area contributed by atoms with E-state index >= 15 is 0 Å². The molecule has 1 N–H and O–H groups in total. The lowest BCUT2D eigenvalue weighted by molar-refractivity contribution is 0.628. The Morgan fingerprint density at radius 3 is 1.82 bits per heavy atom. The van der Waals surface area contributed by atoms with Crippen LogP contribution in [0.2, 0.25) is 0 Å². The molecule has 0 atom stereocenters. The fourth-order valence-corrected chi connectivity index (χ4v) is 4.45. The lowest BCUT2D eigenvalue weighted by Gasteiger charge is -2.25. The molecule has 2 nitrogen and oxygen atoms in total. The molecule has 0 saturated carbocycles. The number of hydrogen-bond acceptors (Lipinski definition) is 1. The van der Waals surface area contributed by atoms with Crippen LogP contribution in [0.4, 0.5) is 21.5 Å². The molecular weight excluding hydrogens is 407 g/mol. The van der Waals surface area contributed by atoms with Gasteiger partial charge in [-0.1, -0.05) is 54.6 Å². The van der Waals surface area contributed by atoms with Gasteiger partial charge in [-0.2, -0.15) is 0 Å². The molecule has 1 heterocycles. The second-order valence-electron chi connectivity index (χ2n) is 8.13. The molecule has 0 aliphatic rings. The van der Waals surface area contributed by atoms with Gasteiger partial charge in [0.25, 0.3) is 0 Å². The molecule has 6 aromatic rings. The first kappa shape index (κ1) is 19.3. The summed E-state index contributed by atoms with van der Waals surface area (Å²) in [5.41, 5.74) is 7.57. The normalized spacial score (nSPS) is 11.2. The molecule has 33 heavy (non-hydrogen) atoms. The quantitative estimate of drug-likeness (QED) is 0.298. The van der Waals surface area contributed by atoms with E-state index in [2.05, 4.69) is 88.7 Å². The predicted molar refractivity (Wildman–Crippen MR) is 136 cm³/mol. The first-order valence-corrected chi connectivity index (χ1v) is 11.0. The molecule has 6 rings (SSSR count). The zero-order chi connectivity index (χ0) is 22.2. The summed E-state index contributed by atoms with van der Waals surface area (Å²) in [6.07, 6.45) is 0. The average Bonchev–Trinajstić information content (AvgIpc) is 3.24. The van der Waals surface area contributed by atoms with Crippen LogP contribution in [0.5, 0.6) is 0 Å². The fourth-order valence-electron chi connectivity index (χ4n) is 4.45. The predicted octanol–water partition coefficient (Wildman–Crippen LogP) is 8.60. The molecule has 0 aliphatic carbocycles. The molecular formula is C30H21FN2. The minimum atomic E-state index is -0.241. The van der Waals surface area contributed by atoms with E-state index in [0.29, 0.717) is 0 Å². The molecule has 0 amide bonds. The number of nitrogens with one attached hydrogen (secondary N) is 1. The molecule has 158 valence electrons. The van der Waals surface area contributed by atoms with Gasteiger partial charge >= 0.3 is 0 Å². The Kier molecular flexibility index (Phi) is 4.66. The third kappa shape index (κ3) is 3.54. The van der Waals surface area contributed by atoms with Gasteiger partial charge in [0.2, 0.25) is 0 Å². The first-order valence-electron chi connectivity index (χ1n) is 11.0. The van der Waals surface area contributed by atoms with E-state index in [1.54, 1.807) is 12.1 Å². The van der Waals surface area contributed by atoms with E-state index < -0.39 is 0 Å². The Morgan fingerprint density at radius 1 is 0.485 bits per heavy atom. The zero-order valence-electron chi connectivity index (χ0n) is 17.9. The number of anilines is 3. The number of fused-ring (bicyclic) bond motifs is 3. The van der Waals surface area contributed by atoms with Crippen LogP contribution in [-0.2, 0) is 0 Å². The smallest absolute Gasteiger partial charge is 0.123 e.